The lowest BCUT2D eigenvalue weighted by molar-refractivity contribution is 0.418. The number of allylic oxidation sites excluding steroid dienone is 2. The van der Waals surface area contributed by atoms with Crippen LogP contribution in [-0.2, 0) is 0 Å². The highest BCUT2D eigenvalue weighted by Gasteiger charge is 2.30. The Morgan fingerprint density at radius 2 is 2.06 bits per heavy atom. The molecule has 0 bridgehead atoms. The number of aromatic nitrogens is 1. The Kier molecular flexibility index (Phi) is 3.12. The summed E-state index contributed by atoms with van der Waals surface area (Å²) >= 11 is 11.8. The number of halogens is 2. The third-order valence-corrected chi connectivity index (χ3v) is 4.48. The first-order valence-electron chi connectivity index (χ1n) is 5.95. The summed E-state index contributed by atoms with van der Waals surface area (Å²) < 4.78 is 0. The summed E-state index contributed by atoms with van der Waals surface area (Å²) in [6.45, 7) is 2.30. The summed E-state index contributed by atoms with van der Waals surface area (Å²) in [5.74, 6) is 1.58. The molecule has 0 saturated carbocycles. The van der Waals surface area contributed by atoms with E-state index >= 15 is 0 Å². The van der Waals surface area contributed by atoms with Crippen LogP contribution in [0.1, 0.15) is 18.4 Å². The molecule has 1 aromatic rings. The van der Waals surface area contributed by atoms with Crippen molar-refractivity contribution >= 4 is 28.8 Å². The van der Waals surface area contributed by atoms with Crippen LogP contribution >= 0.6 is 23.2 Å². The highest BCUT2D eigenvalue weighted by atomic mass is 35.5. The van der Waals surface area contributed by atoms with Crippen molar-refractivity contribution < 1.29 is 0 Å². The molecule has 4 heteroatoms. The number of fused-ring (bicyclic) bond motifs is 1. The standard InChI is InChI=1S/C13H14Cl2N2/c14-12-4-11(7-17-13(12)15)8-1-2-9-5-16-6-10(9)3-8/h1,4,7,9-10,16H,2-3,5-6H2. The van der Waals surface area contributed by atoms with Crippen LogP contribution in [0.25, 0.3) is 5.57 Å². The van der Waals surface area contributed by atoms with Crippen LogP contribution in [0.3, 0.4) is 0 Å². The van der Waals surface area contributed by atoms with Crippen LogP contribution in [0.4, 0.5) is 0 Å². The molecule has 0 spiro atoms. The third kappa shape index (κ3) is 2.22. The molecule has 90 valence electrons. The first kappa shape index (κ1) is 11.5. The number of hydrogen-bond acceptors (Lipinski definition) is 2. The second kappa shape index (κ2) is 4.60. The van der Waals surface area contributed by atoms with Gasteiger partial charge in [-0.3, -0.25) is 0 Å². The molecule has 1 N–H and O–H groups in total. The smallest absolute Gasteiger partial charge is 0.147 e. The van der Waals surface area contributed by atoms with Crippen LogP contribution in [0.5, 0.6) is 0 Å². The van der Waals surface area contributed by atoms with E-state index in [1.165, 1.54) is 5.57 Å². The second-order valence-electron chi connectivity index (χ2n) is 4.84. The van der Waals surface area contributed by atoms with Crippen LogP contribution in [0.2, 0.25) is 10.2 Å². The lowest BCUT2D eigenvalue weighted by Gasteiger charge is -2.24. The molecule has 3 rings (SSSR count). The summed E-state index contributed by atoms with van der Waals surface area (Å²) in [6, 6.07) is 1.92. The maximum absolute atomic E-state index is 6.01. The van der Waals surface area contributed by atoms with E-state index in [-0.39, 0.29) is 0 Å². The maximum Gasteiger partial charge on any atom is 0.147 e. The van der Waals surface area contributed by atoms with E-state index in [1.54, 1.807) is 0 Å². The molecule has 0 aromatic carbocycles. The molecule has 1 saturated heterocycles. The molecule has 1 aliphatic heterocycles. The van der Waals surface area contributed by atoms with Crippen molar-refractivity contribution in [3.63, 3.8) is 0 Å². The molecule has 1 fully saturated rings. The summed E-state index contributed by atoms with van der Waals surface area (Å²) in [7, 11) is 0. The van der Waals surface area contributed by atoms with Crippen molar-refractivity contribution in [2.24, 2.45) is 11.8 Å². The van der Waals surface area contributed by atoms with E-state index in [4.69, 9.17) is 23.2 Å². The number of nitrogens with zero attached hydrogens (tertiary/aromatic N) is 1. The van der Waals surface area contributed by atoms with Gasteiger partial charge >= 0.3 is 0 Å². The Morgan fingerprint density at radius 1 is 1.24 bits per heavy atom. The van der Waals surface area contributed by atoms with Crippen molar-refractivity contribution in [3.05, 3.63) is 34.1 Å². The quantitative estimate of drug-likeness (QED) is 0.790. The van der Waals surface area contributed by atoms with Gasteiger partial charge in [0.15, 0.2) is 0 Å². The Morgan fingerprint density at radius 3 is 2.88 bits per heavy atom. The van der Waals surface area contributed by atoms with E-state index in [9.17, 15) is 0 Å². The predicted molar refractivity (Wildman–Crippen MR) is 71.3 cm³/mol. The fourth-order valence-electron chi connectivity index (χ4n) is 2.79. The van der Waals surface area contributed by atoms with E-state index in [1.807, 2.05) is 12.3 Å². The van der Waals surface area contributed by atoms with Crippen molar-refractivity contribution in [1.29, 1.82) is 0 Å². The van der Waals surface area contributed by atoms with Gasteiger partial charge in [0, 0.05) is 6.20 Å². The average molecular weight is 269 g/mol. The zero-order valence-electron chi connectivity index (χ0n) is 9.42. The summed E-state index contributed by atoms with van der Waals surface area (Å²) in [5, 5.41) is 4.38. The van der Waals surface area contributed by atoms with Gasteiger partial charge in [0.25, 0.3) is 0 Å². The average Bonchev–Trinajstić information content (AvgIpc) is 2.79. The highest BCUT2D eigenvalue weighted by Crippen LogP contribution is 2.37. The fourth-order valence-corrected chi connectivity index (χ4v) is 3.06. The highest BCUT2D eigenvalue weighted by molar-refractivity contribution is 6.41. The molecule has 1 aromatic heterocycles. The minimum absolute atomic E-state index is 0.382. The SMILES string of the molecule is Clc1cc(C2=CCC3CNCC3C2)cnc1Cl. The van der Waals surface area contributed by atoms with Gasteiger partial charge < -0.3 is 5.32 Å². The molecule has 2 nitrogen and oxygen atoms in total. The number of nitrogens with one attached hydrogen (secondary N) is 1. The van der Waals surface area contributed by atoms with Crippen molar-refractivity contribution in [2.45, 2.75) is 12.8 Å². The predicted octanol–water partition coefficient (Wildman–Crippen LogP) is 3.40. The molecule has 2 aliphatic rings. The number of rotatable bonds is 1. The van der Waals surface area contributed by atoms with Crippen molar-refractivity contribution in [3.8, 4) is 0 Å². The third-order valence-electron chi connectivity index (χ3n) is 3.80. The van der Waals surface area contributed by atoms with Crippen LogP contribution < -0.4 is 5.32 Å². The summed E-state index contributed by atoms with van der Waals surface area (Å²) in [5.41, 5.74) is 2.48. The zero-order chi connectivity index (χ0) is 11.8. The molecule has 2 atom stereocenters. The number of hydrogen-bond donors (Lipinski definition) is 1. The monoisotopic (exact) mass is 268 g/mol. The summed E-state index contributed by atoms with van der Waals surface area (Å²) in [6.07, 6.45) is 6.43. The first-order chi connectivity index (χ1) is 8.24. The lowest BCUT2D eigenvalue weighted by atomic mass is 9.80. The molecule has 17 heavy (non-hydrogen) atoms. The van der Waals surface area contributed by atoms with Gasteiger partial charge in [-0.2, -0.15) is 0 Å². The van der Waals surface area contributed by atoms with Crippen molar-refractivity contribution in [2.75, 3.05) is 13.1 Å². The molecular formula is C13H14Cl2N2. The van der Waals surface area contributed by atoms with Gasteiger partial charge in [0.1, 0.15) is 5.15 Å². The molecule has 2 unspecified atom stereocenters. The van der Waals surface area contributed by atoms with E-state index < -0.39 is 0 Å². The van der Waals surface area contributed by atoms with Gasteiger partial charge in [0.05, 0.1) is 5.02 Å². The minimum Gasteiger partial charge on any atom is -0.316 e. The van der Waals surface area contributed by atoms with Crippen molar-refractivity contribution in [1.82, 2.24) is 10.3 Å². The van der Waals surface area contributed by atoms with E-state index in [2.05, 4.69) is 16.4 Å². The number of pyridine rings is 1. The second-order valence-corrected chi connectivity index (χ2v) is 5.61. The van der Waals surface area contributed by atoms with Crippen LogP contribution in [0, 0.1) is 11.8 Å². The Hall–Kier alpha value is -0.570. The van der Waals surface area contributed by atoms with Gasteiger partial charge in [-0.15, -0.1) is 0 Å². The van der Waals surface area contributed by atoms with E-state index in [0.717, 1.165) is 43.3 Å². The molecular weight excluding hydrogens is 255 g/mol. The van der Waals surface area contributed by atoms with E-state index in [0.29, 0.717) is 10.2 Å². The largest absolute Gasteiger partial charge is 0.316 e. The Bertz CT molecular complexity index is 470. The molecule has 2 heterocycles. The van der Waals surface area contributed by atoms with Crippen LogP contribution in [-0.4, -0.2) is 18.1 Å². The minimum atomic E-state index is 0.382. The first-order valence-corrected chi connectivity index (χ1v) is 6.71. The topological polar surface area (TPSA) is 24.9 Å². The Balaban J connectivity index is 1.86. The summed E-state index contributed by atoms with van der Waals surface area (Å²) in [4.78, 5) is 4.12. The maximum atomic E-state index is 6.01. The van der Waals surface area contributed by atoms with Gasteiger partial charge in [0.2, 0.25) is 0 Å². The molecule has 0 amide bonds. The molecule has 0 radical (unpaired) electrons. The molecule has 1 aliphatic carbocycles. The fraction of sp³-hybridized carbons (Fsp3) is 0.462. The van der Waals surface area contributed by atoms with Gasteiger partial charge in [-0.1, -0.05) is 29.3 Å². The lowest BCUT2D eigenvalue weighted by Crippen LogP contribution is -2.16. The van der Waals surface area contributed by atoms with Gasteiger partial charge in [-0.05, 0) is 55.0 Å². The zero-order valence-corrected chi connectivity index (χ0v) is 10.9. The Labute approximate surface area is 111 Å². The normalized spacial score (nSPS) is 27.8. The van der Waals surface area contributed by atoms with Crippen LogP contribution in [0.15, 0.2) is 18.3 Å². The van der Waals surface area contributed by atoms with Gasteiger partial charge in [-0.25, -0.2) is 4.98 Å².